The second kappa shape index (κ2) is 5.23. The highest BCUT2D eigenvalue weighted by atomic mass is 16.5. The first-order valence-electron chi connectivity index (χ1n) is 5.92. The van der Waals surface area contributed by atoms with E-state index < -0.39 is 0 Å². The lowest BCUT2D eigenvalue weighted by Crippen LogP contribution is -2.13. The van der Waals surface area contributed by atoms with E-state index in [-0.39, 0.29) is 12.4 Å². The van der Waals surface area contributed by atoms with Gasteiger partial charge in [-0.3, -0.25) is 4.79 Å². The van der Waals surface area contributed by atoms with Crippen LogP contribution in [0.3, 0.4) is 0 Å². The number of aromatic amines is 1. The number of H-pyrrole nitrogens is 1. The van der Waals surface area contributed by atoms with Crippen LogP contribution in [-0.4, -0.2) is 37.1 Å². The minimum Gasteiger partial charge on any atom is -0.469 e. The van der Waals surface area contributed by atoms with Crippen LogP contribution in [0.15, 0.2) is 24.3 Å². The maximum atomic E-state index is 11.4. The average Bonchev–Trinajstić information content (AvgIpc) is 2.67. The Morgan fingerprint density at radius 3 is 2.72 bits per heavy atom. The van der Waals surface area contributed by atoms with Gasteiger partial charge in [0.15, 0.2) is 0 Å². The van der Waals surface area contributed by atoms with Crippen LogP contribution < -0.4 is 0 Å². The van der Waals surface area contributed by atoms with Crippen LogP contribution in [-0.2, 0) is 22.5 Å². The number of nitrogens with one attached hydrogen (secondary N) is 1. The van der Waals surface area contributed by atoms with Gasteiger partial charge >= 0.3 is 5.97 Å². The molecule has 0 saturated heterocycles. The van der Waals surface area contributed by atoms with Crippen LogP contribution in [0.1, 0.15) is 11.3 Å². The summed E-state index contributed by atoms with van der Waals surface area (Å²) in [5.74, 6) is -0.221. The number of esters is 1. The lowest BCUT2D eigenvalue weighted by atomic mass is 10.1. The zero-order valence-electron chi connectivity index (χ0n) is 11.0. The summed E-state index contributed by atoms with van der Waals surface area (Å²) >= 11 is 0. The number of rotatable bonds is 4. The second-order valence-electron chi connectivity index (χ2n) is 4.62. The van der Waals surface area contributed by atoms with Gasteiger partial charge in [-0.25, -0.2) is 0 Å². The Labute approximate surface area is 107 Å². The molecule has 0 amide bonds. The van der Waals surface area contributed by atoms with Crippen LogP contribution in [0.5, 0.6) is 0 Å². The molecule has 0 atom stereocenters. The Hall–Kier alpha value is -1.81. The smallest absolute Gasteiger partial charge is 0.311 e. The number of carbonyl (C=O) groups is 1. The molecule has 0 fully saturated rings. The maximum Gasteiger partial charge on any atom is 0.311 e. The second-order valence-corrected chi connectivity index (χ2v) is 4.62. The zero-order valence-corrected chi connectivity index (χ0v) is 11.0. The Morgan fingerprint density at radius 2 is 2.06 bits per heavy atom. The minimum absolute atomic E-state index is 0.221. The fraction of sp³-hybridized carbons (Fsp3) is 0.357. The molecule has 1 aromatic carbocycles. The van der Waals surface area contributed by atoms with Crippen molar-refractivity contribution in [3.8, 4) is 0 Å². The van der Waals surface area contributed by atoms with Crippen molar-refractivity contribution in [2.75, 3.05) is 21.2 Å². The van der Waals surface area contributed by atoms with Gasteiger partial charge in [0, 0.05) is 23.1 Å². The molecule has 18 heavy (non-hydrogen) atoms. The third-order valence-electron chi connectivity index (χ3n) is 2.93. The molecule has 2 aromatic rings. The summed E-state index contributed by atoms with van der Waals surface area (Å²) in [4.78, 5) is 16.8. The summed E-state index contributed by atoms with van der Waals surface area (Å²) in [6.45, 7) is 0.802. The van der Waals surface area contributed by atoms with Crippen molar-refractivity contribution in [2.45, 2.75) is 13.0 Å². The van der Waals surface area contributed by atoms with E-state index in [9.17, 15) is 4.79 Å². The molecule has 2 rings (SSSR count). The first-order chi connectivity index (χ1) is 8.61. The predicted octanol–water partition coefficient (Wildman–Crippen LogP) is 1.94. The summed E-state index contributed by atoms with van der Waals surface area (Å²) in [5.41, 5.74) is 3.17. The number of para-hydroxylation sites is 1. The van der Waals surface area contributed by atoms with E-state index in [2.05, 4.69) is 16.0 Å². The predicted molar refractivity (Wildman–Crippen MR) is 71.4 cm³/mol. The molecule has 96 valence electrons. The normalized spacial score (nSPS) is 11.1. The van der Waals surface area contributed by atoms with Crippen LogP contribution in [0.25, 0.3) is 10.9 Å². The van der Waals surface area contributed by atoms with Gasteiger partial charge in [0.1, 0.15) is 0 Å². The monoisotopic (exact) mass is 246 g/mol. The highest BCUT2D eigenvalue weighted by Crippen LogP contribution is 2.23. The van der Waals surface area contributed by atoms with Crippen LogP contribution >= 0.6 is 0 Å². The van der Waals surface area contributed by atoms with Gasteiger partial charge in [-0.05, 0) is 25.7 Å². The van der Waals surface area contributed by atoms with E-state index in [0.29, 0.717) is 0 Å². The topological polar surface area (TPSA) is 45.3 Å². The van der Waals surface area contributed by atoms with Gasteiger partial charge in [-0.2, -0.15) is 0 Å². The standard InChI is InChI=1S/C14H18N2O2/c1-16(2)9-11-10-6-4-5-7-12(10)15-13(11)8-14(17)18-3/h4-7,15H,8-9H2,1-3H3. The molecule has 0 saturated carbocycles. The summed E-state index contributed by atoms with van der Waals surface area (Å²) < 4.78 is 4.74. The Balaban J connectivity index is 2.46. The quantitative estimate of drug-likeness (QED) is 0.839. The Kier molecular flexibility index (Phi) is 3.67. The molecule has 0 aliphatic rings. The third kappa shape index (κ3) is 2.54. The van der Waals surface area contributed by atoms with E-state index in [4.69, 9.17) is 4.74 Å². The maximum absolute atomic E-state index is 11.4. The third-order valence-corrected chi connectivity index (χ3v) is 2.93. The number of methoxy groups -OCH3 is 1. The SMILES string of the molecule is COC(=O)Cc1[nH]c2ccccc2c1CN(C)C. The molecule has 0 unspecified atom stereocenters. The van der Waals surface area contributed by atoms with Crippen LogP contribution in [0, 0.1) is 0 Å². The van der Waals surface area contributed by atoms with Crippen LogP contribution in [0.2, 0.25) is 0 Å². The number of fused-ring (bicyclic) bond motifs is 1. The highest BCUT2D eigenvalue weighted by Gasteiger charge is 2.14. The fourth-order valence-corrected chi connectivity index (χ4v) is 2.12. The van der Waals surface area contributed by atoms with Gasteiger partial charge in [0.25, 0.3) is 0 Å². The van der Waals surface area contributed by atoms with Gasteiger partial charge in [0.05, 0.1) is 13.5 Å². The number of hydrogen-bond acceptors (Lipinski definition) is 3. The van der Waals surface area contributed by atoms with Crippen LogP contribution in [0.4, 0.5) is 0 Å². The van der Waals surface area contributed by atoms with Gasteiger partial charge in [-0.1, -0.05) is 18.2 Å². The van der Waals surface area contributed by atoms with Crippen molar-refractivity contribution >= 4 is 16.9 Å². The van der Waals surface area contributed by atoms with Gasteiger partial charge < -0.3 is 14.6 Å². The number of hydrogen-bond donors (Lipinski definition) is 1. The number of aromatic nitrogens is 1. The molecular weight excluding hydrogens is 228 g/mol. The van der Waals surface area contributed by atoms with Crippen molar-refractivity contribution < 1.29 is 9.53 Å². The average molecular weight is 246 g/mol. The Morgan fingerprint density at radius 1 is 1.33 bits per heavy atom. The molecule has 1 N–H and O–H groups in total. The summed E-state index contributed by atoms with van der Waals surface area (Å²) in [6.07, 6.45) is 0.286. The lowest BCUT2D eigenvalue weighted by Gasteiger charge is -2.10. The van der Waals surface area contributed by atoms with Gasteiger partial charge in [0.2, 0.25) is 0 Å². The van der Waals surface area contributed by atoms with Crippen molar-refractivity contribution in [3.05, 3.63) is 35.5 Å². The number of nitrogens with zero attached hydrogens (tertiary/aromatic N) is 1. The number of ether oxygens (including phenoxy) is 1. The molecular formula is C14H18N2O2. The highest BCUT2D eigenvalue weighted by molar-refractivity contribution is 5.86. The van der Waals surface area contributed by atoms with Crippen molar-refractivity contribution in [1.82, 2.24) is 9.88 Å². The molecule has 1 aromatic heterocycles. The van der Waals surface area contributed by atoms with E-state index in [1.807, 2.05) is 32.3 Å². The molecule has 0 spiro atoms. The van der Waals surface area contributed by atoms with E-state index in [0.717, 1.165) is 17.8 Å². The Bertz CT molecular complexity index is 558. The van der Waals surface area contributed by atoms with Crippen molar-refractivity contribution in [2.24, 2.45) is 0 Å². The molecule has 0 aliphatic heterocycles. The van der Waals surface area contributed by atoms with Gasteiger partial charge in [-0.15, -0.1) is 0 Å². The fourth-order valence-electron chi connectivity index (χ4n) is 2.12. The van der Waals surface area contributed by atoms with E-state index in [1.165, 1.54) is 18.1 Å². The molecule has 0 radical (unpaired) electrons. The summed E-state index contributed by atoms with van der Waals surface area (Å²) in [5, 5.41) is 1.17. The number of benzene rings is 1. The number of carbonyl (C=O) groups excluding carboxylic acids is 1. The first-order valence-corrected chi connectivity index (χ1v) is 5.92. The molecule has 4 heteroatoms. The minimum atomic E-state index is -0.221. The lowest BCUT2D eigenvalue weighted by molar-refractivity contribution is -0.139. The van der Waals surface area contributed by atoms with Crippen molar-refractivity contribution in [3.63, 3.8) is 0 Å². The molecule has 0 bridgehead atoms. The summed E-state index contributed by atoms with van der Waals surface area (Å²) in [6, 6.07) is 8.10. The zero-order chi connectivity index (χ0) is 13.1. The first kappa shape index (κ1) is 12.6. The molecule has 0 aliphatic carbocycles. The van der Waals surface area contributed by atoms with E-state index >= 15 is 0 Å². The largest absolute Gasteiger partial charge is 0.469 e. The molecule has 4 nitrogen and oxygen atoms in total. The van der Waals surface area contributed by atoms with Crippen molar-refractivity contribution in [1.29, 1.82) is 0 Å². The summed E-state index contributed by atoms with van der Waals surface area (Å²) in [7, 11) is 5.45. The molecule has 1 heterocycles. The van der Waals surface area contributed by atoms with E-state index in [1.54, 1.807) is 0 Å².